The van der Waals surface area contributed by atoms with Crippen LogP contribution in [0.2, 0.25) is 5.02 Å². The van der Waals surface area contributed by atoms with E-state index in [1.54, 1.807) is 32.4 Å². The Morgan fingerprint density at radius 1 is 1.11 bits per heavy atom. The number of rotatable bonds is 8. The van der Waals surface area contributed by atoms with E-state index in [4.69, 9.17) is 25.8 Å². The first-order chi connectivity index (χ1) is 13.3. The first kappa shape index (κ1) is 21.5. The van der Waals surface area contributed by atoms with Gasteiger partial charge in [0.15, 0.2) is 6.10 Å². The predicted molar refractivity (Wildman–Crippen MR) is 103 cm³/mol. The van der Waals surface area contributed by atoms with Crippen LogP contribution in [0.25, 0.3) is 0 Å². The quantitative estimate of drug-likeness (QED) is 0.667. The molecule has 0 aromatic heterocycles. The van der Waals surface area contributed by atoms with Crippen molar-refractivity contribution in [2.24, 2.45) is 0 Å². The van der Waals surface area contributed by atoms with Crippen molar-refractivity contribution in [3.8, 4) is 11.5 Å². The van der Waals surface area contributed by atoms with E-state index in [9.17, 15) is 14.0 Å². The van der Waals surface area contributed by atoms with Gasteiger partial charge >= 0.3 is 5.97 Å². The second-order valence-corrected chi connectivity index (χ2v) is 6.38. The molecule has 0 fully saturated rings. The van der Waals surface area contributed by atoms with Crippen LogP contribution in [-0.4, -0.2) is 32.2 Å². The van der Waals surface area contributed by atoms with Crippen LogP contribution < -0.4 is 14.8 Å². The summed E-state index contributed by atoms with van der Waals surface area (Å²) >= 11 is 5.67. The first-order valence-electron chi connectivity index (χ1n) is 8.49. The Morgan fingerprint density at radius 2 is 1.75 bits per heavy atom. The average Bonchev–Trinajstić information content (AvgIpc) is 2.68. The second-order valence-electron chi connectivity index (χ2n) is 5.97. The highest BCUT2D eigenvalue weighted by atomic mass is 35.5. The summed E-state index contributed by atoms with van der Waals surface area (Å²) in [5.74, 6) is -0.421. The molecule has 2 aromatic carbocycles. The molecule has 0 saturated heterocycles. The molecule has 0 aliphatic heterocycles. The van der Waals surface area contributed by atoms with Crippen molar-refractivity contribution in [3.05, 3.63) is 52.8 Å². The number of carbonyl (C=O) groups is 2. The van der Waals surface area contributed by atoms with Crippen LogP contribution in [0.15, 0.2) is 36.4 Å². The van der Waals surface area contributed by atoms with Crippen molar-refractivity contribution in [2.75, 3.05) is 19.5 Å². The molecular weight excluding hydrogens is 389 g/mol. The summed E-state index contributed by atoms with van der Waals surface area (Å²) in [5, 5.41) is 2.40. The maximum Gasteiger partial charge on any atom is 0.306 e. The first-order valence-corrected chi connectivity index (χ1v) is 8.87. The Morgan fingerprint density at radius 3 is 2.32 bits per heavy atom. The van der Waals surface area contributed by atoms with Gasteiger partial charge in [-0.3, -0.25) is 9.59 Å². The van der Waals surface area contributed by atoms with Crippen LogP contribution in [-0.2, 0) is 20.7 Å². The number of halogens is 2. The van der Waals surface area contributed by atoms with Crippen LogP contribution in [0.3, 0.4) is 0 Å². The number of hydrogen-bond acceptors (Lipinski definition) is 5. The van der Waals surface area contributed by atoms with Gasteiger partial charge in [-0.2, -0.15) is 0 Å². The zero-order chi connectivity index (χ0) is 20.7. The van der Waals surface area contributed by atoms with Crippen molar-refractivity contribution in [2.45, 2.75) is 25.9 Å². The van der Waals surface area contributed by atoms with Gasteiger partial charge in [0.1, 0.15) is 17.3 Å². The number of benzene rings is 2. The van der Waals surface area contributed by atoms with E-state index < -0.39 is 23.8 Å². The van der Waals surface area contributed by atoms with Gasteiger partial charge in [-0.1, -0.05) is 11.6 Å². The van der Waals surface area contributed by atoms with E-state index >= 15 is 0 Å². The molecule has 0 aliphatic rings. The number of amides is 1. The number of anilines is 1. The lowest BCUT2D eigenvalue weighted by molar-refractivity contribution is -0.153. The van der Waals surface area contributed by atoms with E-state index in [1.165, 1.54) is 19.1 Å². The highest BCUT2D eigenvalue weighted by Gasteiger charge is 2.18. The standard InChI is InChI=1S/C20H21ClFNO5/c1-12(20(25)23-14-5-6-18(22)17(21)10-14)28-19(24)7-4-13-8-15(26-2)11-16(9-13)27-3/h5-6,8-12H,4,7H2,1-3H3,(H,23,25)/t12-/m0/s1. The van der Waals surface area contributed by atoms with Gasteiger partial charge in [0.05, 0.1) is 19.2 Å². The molecule has 1 N–H and O–H groups in total. The summed E-state index contributed by atoms with van der Waals surface area (Å²) in [7, 11) is 3.09. The summed E-state index contributed by atoms with van der Waals surface area (Å²) in [4.78, 5) is 24.2. The Balaban J connectivity index is 1.88. The number of methoxy groups -OCH3 is 2. The molecule has 0 heterocycles. The minimum atomic E-state index is -1.02. The molecule has 2 aromatic rings. The topological polar surface area (TPSA) is 73.9 Å². The van der Waals surface area contributed by atoms with E-state index in [2.05, 4.69) is 5.32 Å². The molecule has 0 bridgehead atoms. The molecule has 1 amide bonds. The van der Waals surface area contributed by atoms with Crippen molar-refractivity contribution < 1.29 is 28.2 Å². The van der Waals surface area contributed by atoms with Crippen LogP contribution in [0.4, 0.5) is 10.1 Å². The minimum absolute atomic E-state index is 0.0797. The fourth-order valence-electron chi connectivity index (χ4n) is 2.38. The number of aryl methyl sites for hydroxylation is 1. The van der Waals surface area contributed by atoms with Gasteiger partial charge < -0.3 is 19.5 Å². The lowest BCUT2D eigenvalue weighted by atomic mass is 10.1. The third-order valence-corrected chi connectivity index (χ3v) is 4.18. The Kier molecular flexibility index (Phi) is 7.63. The van der Waals surface area contributed by atoms with Crippen molar-refractivity contribution >= 4 is 29.2 Å². The van der Waals surface area contributed by atoms with E-state index in [1.807, 2.05) is 0 Å². The molecule has 150 valence electrons. The van der Waals surface area contributed by atoms with E-state index in [0.717, 1.165) is 11.6 Å². The van der Waals surface area contributed by atoms with Gasteiger partial charge in [-0.25, -0.2) is 4.39 Å². The molecule has 28 heavy (non-hydrogen) atoms. The van der Waals surface area contributed by atoms with Gasteiger partial charge in [0.25, 0.3) is 5.91 Å². The lowest BCUT2D eigenvalue weighted by Crippen LogP contribution is -2.30. The van der Waals surface area contributed by atoms with Gasteiger partial charge in [-0.05, 0) is 49.2 Å². The van der Waals surface area contributed by atoms with Crippen molar-refractivity contribution in [3.63, 3.8) is 0 Å². The van der Waals surface area contributed by atoms with Gasteiger partial charge in [0.2, 0.25) is 0 Å². The summed E-state index contributed by atoms with van der Waals surface area (Å²) in [6.07, 6.45) is -0.541. The summed E-state index contributed by atoms with van der Waals surface area (Å²) < 4.78 is 28.7. The minimum Gasteiger partial charge on any atom is -0.497 e. The van der Waals surface area contributed by atoms with Crippen molar-refractivity contribution in [1.29, 1.82) is 0 Å². The average molecular weight is 410 g/mol. The molecule has 0 spiro atoms. The smallest absolute Gasteiger partial charge is 0.306 e. The number of carbonyl (C=O) groups excluding carboxylic acids is 2. The number of ether oxygens (including phenoxy) is 3. The van der Waals surface area contributed by atoms with Crippen LogP contribution in [0.1, 0.15) is 18.9 Å². The number of hydrogen-bond donors (Lipinski definition) is 1. The zero-order valence-corrected chi connectivity index (χ0v) is 16.5. The van der Waals surface area contributed by atoms with E-state index in [0.29, 0.717) is 23.6 Å². The molecular formula is C20H21ClFNO5. The third-order valence-electron chi connectivity index (χ3n) is 3.89. The largest absolute Gasteiger partial charge is 0.497 e. The molecule has 0 radical (unpaired) electrons. The number of esters is 1. The molecule has 0 saturated carbocycles. The Hall–Kier alpha value is -2.80. The monoisotopic (exact) mass is 409 g/mol. The predicted octanol–water partition coefficient (Wildman–Crippen LogP) is 4.00. The number of nitrogens with one attached hydrogen (secondary N) is 1. The van der Waals surface area contributed by atoms with Crippen LogP contribution >= 0.6 is 11.6 Å². The summed E-state index contributed by atoms with van der Waals surface area (Å²) in [5.41, 5.74) is 1.15. The van der Waals surface area contributed by atoms with Crippen molar-refractivity contribution in [1.82, 2.24) is 0 Å². The molecule has 1 atom stereocenters. The van der Waals surface area contributed by atoms with Crippen LogP contribution in [0.5, 0.6) is 11.5 Å². The molecule has 2 rings (SSSR count). The fourth-order valence-corrected chi connectivity index (χ4v) is 2.57. The van der Waals surface area contributed by atoms with Gasteiger partial charge in [-0.15, -0.1) is 0 Å². The normalized spacial score (nSPS) is 11.5. The molecule has 0 unspecified atom stereocenters. The van der Waals surface area contributed by atoms with Crippen LogP contribution in [0, 0.1) is 5.82 Å². The Bertz CT molecular complexity index is 836. The lowest BCUT2D eigenvalue weighted by Gasteiger charge is -2.14. The maximum atomic E-state index is 13.2. The Labute approximate surface area is 167 Å². The molecule has 0 aliphatic carbocycles. The second kappa shape index (κ2) is 9.94. The molecule has 8 heteroatoms. The fraction of sp³-hybridized carbons (Fsp3) is 0.300. The van der Waals surface area contributed by atoms with E-state index in [-0.39, 0.29) is 11.4 Å². The SMILES string of the molecule is COc1cc(CCC(=O)O[C@@H](C)C(=O)Nc2ccc(F)c(Cl)c2)cc(OC)c1. The highest BCUT2D eigenvalue weighted by Crippen LogP contribution is 2.23. The maximum absolute atomic E-state index is 13.2. The summed E-state index contributed by atoms with van der Waals surface area (Å²) in [6.45, 7) is 1.45. The van der Waals surface area contributed by atoms with Gasteiger partial charge in [0, 0.05) is 18.2 Å². The third kappa shape index (κ3) is 6.13. The zero-order valence-electron chi connectivity index (χ0n) is 15.8. The highest BCUT2D eigenvalue weighted by molar-refractivity contribution is 6.31. The molecule has 6 nitrogen and oxygen atoms in total. The summed E-state index contributed by atoms with van der Waals surface area (Å²) in [6, 6.07) is 9.10.